The molecule has 1 heterocycles. The standard InChI is InChI=1S/C11H11F3N4S/c1-2-7-11(19-18-17-7)10(16-15)5-3-4-6(12)9(14)8(5)13/h3-4,10,16H,2,15H2,1H3. The molecular formula is C11H11F3N4S. The minimum Gasteiger partial charge on any atom is -0.271 e. The third kappa shape index (κ3) is 2.46. The largest absolute Gasteiger partial charge is 0.271 e. The van der Waals surface area contributed by atoms with E-state index in [1.807, 2.05) is 6.92 Å². The third-order valence-electron chi connectivity index (χ3n) is 2.72. The zero-order chi connectivity index (χ0) is 14.0. The molecule has 1 aromatic heterocycles. The van der Waals surface area contributed by atoms with Crippen LogP contribution in [0.4, 0.5) is 13.2 Å². The first-order valence-corrected chi connectivity index (χ1v) is 6.28. The summed E-state index contributed by atoms with van der Waals surface area (Å²) in [5, 5.41) is 3.88. The fourth-order valence-electron chi connectivity index (χ4n) is 1.75. The predicted molar refractivity (Wildman–Crippen MR) is 64.8 cm³/mol. The van der Waals surface area contributed by atoms with Crippen LogP contribution in [-0.2, 0) is 6.42 Å². The molecule has 2 rings (SSSR count). The second-order valence-electron chi connectivity index (χ2n) is 3.80. The van der Waals surface area contributed by atoms with Gasteiger partial charge in [-0.15, -0.1) is 5.10 Å². The van der Waals surface area contributed by atoms with Crippen molar-refractivity contribution in [2.75, 3.05) is 0 Å². The van der Waals surface area contributed by atoms with Crippen LogP contribution >= 0.6 is 11.5 Å². The van der Waals surface area contributed by atoms with Crippen molar-refractivity contribution in [3.05, 3.63) is 45.7 Å². The molecule has 1 unspecified atom stereocenters. The molecule has 0 saturated carbocycles. The van der Waals surface area contributed by atoms with Crippen LogP contribution < -0.4 is 11.3 Å². The van der Waals surface area contributed by atoms with Gasteiger partial charge in [-0.2, -0.15) is 0 Å². The van der Waals surface area contributed by atoms with E-state index in [9.17, 15) is 13.2 Å². The van der Waals surface area contributed by atoms with Gasteiger partial charge in [0, 0.05) is 5.56 Å². The summed E-state index contributed by atoms with van der Waals surface area (Å²) in [6, 6.07) is 1.19. The number of nitrogens with two attached hydrogens (primary N) is 1. The normalized spacial score (nSPS) is 12.7. The quantitative estimate of drug-likeness (QED) is 0.513. The molecule has 3 N–H and O–H groups in total. The summed E-state index contributed by atoms with van der Waals surface area (Å²) >= 11 is 1.03. The summed E-state index contributed by atoms with van der Waals surface area (Å²) < 4.78 is 43.7. The topological polar surface area (TPSA) is 63.8 Å². The molecular weight excluding hydrogens is 277 g/mol. The summed E-state index contributed by atoms with van der Waals surface area (Å²) in [4.78, 5) is 0.579. The molecule has 0 bridgehead atoms. The number of benzene rings is 1. The number of rotatable bonds is 4. The van der Waals surface area contributed by atoms with Crippen molar-refractivity contribution in [1.82, 2.24) is 15.0 Å². The van der Waals surface area contributed by atoms with Gasteiger partial charge < -0.3 is 0 Å². The lowest BCUT2D eigenvalue weighted by atomic mass is 10.0. The summed E-state index contributed by atoms with van der Waals surface area (Å²) in [5.41, 5.74) is 2.94. The van der Waals surface area contributed by atoms with E-state index in [4.69, 9.17) is 5.84 Å². The molecule has 4 nitrogen and oxygen atoms in total. The molecule has 0 radical (unpaired) electrons. The lowest BCUT2D eigenvalue weighted by Crippen LogP contribution is -2.30. The van der Waals surface area contributed by atoms with E-state index in [1.54, 1.807) is 0 Å². The maximum atomic E-state index is 13.8. The van der Waals surface area contributed by atoms with Gasteiger partial charge in [-0.05, 0) is 24.0 Å². The van der Waals surface area contributed by atoms with E-state index in [-0.39, 0.29) is 5.56 Å². The van der Waals surface area contributed by atoms with Gasteiger partial charge in [0.1, 0.15) is 0 Å². The molecule has 0 aliphatic heterocycles. The van der Waals surface area contributed by atoms with Crippen LogP contribution in [0.1, 0.15) is 29.1 Å². The summed E-state index contributed by atoms with van der Waals surface area (Å²) in [7, 11) is 0. The number of nitrogens with one attached hydrogen (secondary N) is 1. The van der Waals surface area contributed by atoms with Crippen molar-refractivity contribution in [3.63, 3.8) is 0 Å². The van der Waals surface area contributed by atoms with Crippen molar-refractivity contribution in [2.45, 2.75) is 19.4 Å². The number of aromatic nitrogens is 2. The number of nitrogens with zero attached hydrogens (tertiary/aromatic N) is 2. The molecule has 0 aliphatic rings. The van der Waals surface area contributed by atoms with Gasteiger partial charge in [-0.25, -0.2) is 18.6 Å². The molecule has 19 heavy (non-hydrogen) atoms. The van der Waals surface area contributed by atoms with Crippen LogP contribution in [0, 0.1) is 17.5 Å². The van der Waals surface area contributed by atoms with Crippen LogP contribution in [0.15, 0.2) is 12.1 Å². The van der Waals surface area contributed by atoms with Crippen LogP contribution in [0.25, 0.3) is 0 Å². The van der Waals surface area contributed by atoms with Crippen molar-refractivity contribution < 1.29 is 13.2 Å². The highest BCUT2D eigenvalue weighted by Crippen LogP contribution is 2.29. The minimum atomic E-state index is -1.52. The smallest absolute Gasteiger partial charge is 0.194 e. The fourth-order valence-corrected chi connectivity index (χ4v) is 2.57. The summed E-state index contributed by atoms with van der Waals surface area (Å²) in [6.45, 7) is 1.86. The number of hydrogen-bond donors (Lipinski definition) is 2. The SMILES string of the molecule is CCc1nnsc1C(NN)c1ccc(F)c(F)c1F. The van der Waals surface area contributed by atoms with Gasteiger partial charge in [-0.3, -0.25) is 5.84 Å². The molecule has 1 aromatic carbocycles. The van der Waals surface area contributed by atoms with Gasteiger partial charge in [-0.1, -0.05) is 17.5 Å². The lowest BCUT2D eigenvalue weighted by Gasteiger charge is -2.16. The average molecular weight is 288 g/mol. The highest BCUT2D eigenvalue weighted by Gasteiger charge is 2.25. The number of halogens is 3. The second-order valence-corrected chi connectivity index (χ2v) is 4.59. The number of hydrazine groups is 1. The highest BCUT2D eigenvalue weighted by atomic mass is 32.1. The van der Waals surface area contributed by atoms with E-state index in [0.717, 1.165) is 23.7 Å². The van der Waals surface area contributed by atoms with Gasteiger partial charge in [0.25, 0.3) is 0 Å². The summed E-state index contributed by atoms with van der Waals surface area (Å²) in [6.07, 6.45) is 0.579. The highest BCUT2D eigenvalue weighted by molar-refractivity contribution is 7.05. The van der Waals surface area contributed by atoms with E-state index in [1.165, 1.54) is 0 Å². The monoisotopic (exact) mass is 288 g/mol. The Kier molecular flexibility index (Phi) is 4.13. The Morgan fingerprint density at radius 2 is 2.05 bits per heavy atom. The Balaban J connectivity index is 2.52. The van der Waals surface area contributed by atoms with Gasteiger partial charge in [0.05, 0.1) is 16.6 Å². The molecule has 0 saturated heterocycles. The van der Waals surface area contributed by atoms with Gasteiger partial charge in [0.15, 0.2) is 17.5 Å². The van der Waals surface area contributed by atoms with Crippen molar-refractivity contribution >= 4 is 11.5 Å². The average Bonchev–Trinajstić information content (AvgIpc) is 2.88. The van der Waals surface area contributed by atoms with E-state index < -0.39 is 23.5 Å². The minimum absolute atomic E-state index is 0.0813. The molecule has 102 valence electrons. The first kappa shape index (κ1) is 13.9. The Morgan fingerprint density at radius 3 is 2.68 bits per heavy atom. The Hall–Kier alpha value is -1.51. The molecule has 0 aliphatic carbocycles. The van der Waals surface area contributed by atoms with Gasteiger partial charge in [0.2, 0.25) is 0 Å². The molecule has 8 heteroatoms. The van der Waals surface area contributed by atoms with Crippen LogP contribution in [-0.4, -0.2) is 9.59 Å². The maximum absolute atomic E-state index is 13.8. The molecule has 0 spiro atoms. The molecule has 0 amide bonds. The molecule has 0 fully saturated rings. The zero-order valence-corrected chi connectivity index (χ0v) is 10.8. The molecule has 2 aromatic rings. The van der Waals surface area contributed by atoms with Crippen molar-refractivity contribution in [2.24, 2.45) is 5.84 Å². The third-order valence-corrected chi connectivity index (χ3v) is 3.56. The Bertz CT molecular complexity index is 587. The summed E-state index contributed by atoms with van der Waals surface area (Å²) in [5.74, 6) is 1.37. The van der Waals surface area contributed by atoms with E-state index in [2.05, 4.69) is 15.0 Å². The molecule has 1 atom stereocenters. The Labute approximate surface area is 111 Å². The van der Waals surface area contributed by atoms with Crippen LogP contribution in [0.3, 0.4) is 0 Å². The van der Waals surface area contributed by atoms with Crippen molar-refractivity contribution in [1.29, 1.82) is 0 Å². The van der Waals surface area contributed by atoms with Crippen LogP contribution in [0.2, 0.25) is 0 Å². The van der Waals surface area contributed by atoms with Crippen LogP contribution in [0.5, 0.6) is 0 Å². The maximum Gasteiger partial charge on any atom is 0.194 e. The second kappa shape index (κ2) is 5.64. The first-order chi connectivity index (χ1) is 9.10. The fraction of sp³-hybridized carbons (Fsp3) is 0.273. The number of aryl methyl sites for hydroxylation is 1. The lowest BCUT2D eigenvalue weighted by molar-refractivity contribution is 0.433. The first-order valence-electron chi connectivity index (χ1n) is 5.50. The predicted octanol–water partition coefficient (Wildman–Crippen LogP) is 2.07. The zero-order valence-electron chi connectivity index (χ0n) is 9.95. The van der Waals surface area contributed by atoms with E-state index >= 15 is 0 Å². The van der Waals surface area contributed by atoms with Crippen molar-refractivity contribution in [3.8, 4) is 0 Å². The Morgan fingerprint density at radius 1 is 1.32 bits per heavy atom. The van der Waals surface area contributed by atoms with E-state index in [0.29, 0.717) is 17.0 Å². The van der Waals surface area contributed by atoms with Gasteiger partial charge >= 0.3 is 0 Å². The number of hydrogen-bond acceptors (Lipinski definition) is 5.